The Bertz CT molecular complexity index is 1870. The highest BCUT2D eigenvalue weighted by molar-refractivity contribution is 5.96. The number of aromatic nitrogens is 4. The Morgan fingerprint density at radius 2 is 1.76 bits per heavy atom. The third-order valence-electron chi connectivity index (χ3n) is 9.93. The van der Waals surface area contributed by atoms with Gasteiger partial charge in [-0.05, 0) is 55.2 Å². The summed E-state index contributed by atoms with van der Waals surface area (Å²) in [4.78, 5) is 39.4. The Kier molecular flexibility index (Phi) is 9.89. The lowest BCUT2D eigenvalue weighted by molar-refractivity contribution is -0.117. The van der Waals surface area contributed by atoms with Crippen molar-refractivity contribution in [1.29, 1.82) is 0 Å². The minimum absolute atomic E-state index is 0. The molecular weight excluding hydrogens is 663 g/mol. The van der Waals surface area contributed by atoms with Crippen LogP contribution in [0.5, 0.6) is 5.75 Å². The fraction of sp³-hybridized carbons (Fsp3) is 0.455. The highest BCUT2D eigenvalue weighted by Gasteiger charge is 2.49. The standard InChI is InChI=1S/C33H38F3N9O3.ClH/c1-48-26-7-4-21(34)14-25(26)31(46)39-15-20-2-5-23(6-3-20)44-28-29(37)40-19-41-30(28)45(32(44)47)27-10-13-43(18-33(27,35)36)22-8-11-42(12-9-22)24-16-38-17-24;/h2-7,14,19,22,24,27,38H,8-13,15-18H2,1H3,(H,39,46)(H2,37,40,41);1H/t27-;/m0./s1. The van der Waals surface area contributed by atoms with Crippen molar-refractivity contribution in [1.82, 2.24) is 39.5 Å². The van der Waals surface area contributed by atoms with Crippen LogP contribution in [0.4, 0.5) is 19.0 Å². The summed E-state index contributed by atoms with van der Waals surface area (Å²) in [6.07, 6.45) is 2.95. The Morgan fingerprint density at radius 1 is 1.04 bits per heavy atom. The molecule has 3 fully saturated rings. The zero-order valence-electron chi connectivity index (χ0n) is 26.9. The summed E-state index contributed by atoms with van der Waals surface area (Å²) in [5.74, 6) is -4.06. The van der Waals surface area contributed by atoms with Crippen molar-refractivity contribution in [2.24, 2.45) is 0 Å². The van der Waals surface area contributed by atoms with Gasteiger partial charge in [0.05, 0.1) is 24.9 Å². The van der Waals surface area contributed by atoms with Crippen molar-refractivity contribution in [2.45, 2.75) is 49.9 Å². The van der Waals surface area contributed by atoms with Gasteiger partial charge in [-0.25, -0.2) is 27.9 Å². The van der Waals surface area contributed by atoms with E-state index in [1.54, 1.807) is 24.3 Å². The van der Waals surface area contributed by atoms with E-state index in [0.29, 0.717) is 23.8 Å². The number of nitrogens with one attached hydrogen (secondary N) is 2. The summed E-state index contributed by atoms with van der Waals surface area (Å²) < 4.78 is 53.4. The first-order valence-corrected chi connectivity index (χ1v) is 16.2. The maximum Gasteiger partial charge on any atom is 0.335 e. The summed E-state index contributed by atoms with van der Waals surface area (Å²) in [7, 11) is 1.39. The molecular formula is C33H39ClF3N9O3. The minimum Gasteiger partial charge on any atom is -0.496 e. The molecule has 7 rings (SSSR count). The number of rotatable bonds is 8. The number of likely N-dealkylation sites (tertiary alicyclic amines) is 2. The molecule has 0 radical (unpaired) electrons. The van der Waals surface area contributed by atoms with Crippen LogP contribution in [-0.4, -0.2) is 99.2 Å². The zero-order valence-corrected chi connectivity index (χ0v) is 27.8. The Hall–Kier alpha value is -4.18. The van der Waals surface area contributed by atoms with Crippen LogP contribution in [0.15, 0.2) is 53.6 Å². The van der Waals surface area contributed by atoms with E-state index in [1.165, 1.54) is 30.1 Å². The van der Waals surface area contributed by atoms with Gasteiger partial charge in [-0.15, -0.1) is 12.4 Å². The number of hydrogen-bond acceptors (Lipinski definition) is 9. The average molecular weight is 702 g/mol. The van der Waals surface area contributed by atoms with Gasteiger partial charge in [0.1, 0.15) is 29.5 Å². The number of halogens is 4. The summed E-state index contributed by atoms with van der Waals surface area (Å²) >= 11 is 0. The molecule has 0 aliphatic carbocycles. The maximum atomic E-state index is 16.1. The number of alkyl halides is 2. The van der Waals surface area contributed by atoms with Gasteiger partial charge in [0.15, 0.2) is 11.5 Å². The molecule has 3 aliphatic heterocycles. The molecule has 0 unspecified atom stereocenters. The van der Waals surface area contributed by atoms with Crippen LogP contribution in [-0.2, 0) is 6.54 Å². The second-order valence-corrected chi connectivity index (χ2v) is 12.7. The van der Waals surface area contributed by atoms with E-state index in [2.05, 4.69) is 25.5 Å². The number of imidazole rings is 1. The lowest BCUT2D eigenvalue weighted by Gasteiger charge is -2.47. The topological polar surface area (TPSA) is 136 Å². The number of fused-ring (bicyclic) bond motifs is 1. The van der Waals surface area contributed by atoms with Crippen LogP contribution >= 0.6 is 12.4 Å². The molecule has 262 valence electrons. The first-order valence-electron chi connectivity index (χ1n) is 16.2. The molecule has 0 spiro atoms. The largest absolute Gasteiger partial charge is 0.496 e. The molecule has 12 nitrogen and oxygen atoms in total. The van der Waals surface area contributed by atoms with Crippen LogP contribution in [0.25, 0.3) is 16.9 Å². The van der Waals surface area contributed by atoms with Gasteiger partial charge in [0, 0.05) is 51.4 Å². The maximum absolute atomic E-state index is 16.1. The number of anilines is 1. The highest BCUT2D eigenvalue weighted by atomic mass is 35.5. The molecule has 0 bridgehead atoms. The smallest absolute Gasteiger partial charge is 0.335 e. The first-order chi connectivity index (χ1) is 23.1. The molecule has 1 atom stereocenters. The molecule has 3 aliphatic rings. The molecule has 0 saturated carbocycles. The monoisotopic (exact) mass is 701 g/mol. The second kappa shape index (κ2) is 14.0. The quantitative estimate of drug-likeness (QED) is 0.254. The van der Waals surface area contributed by atoms with Crippen molar-refractivity contribution in [3.05, 3.63) is 76.2 Å². The van der Waals surface area contributed by atoms with E-state index in [9.17, 15) is 14.0 Å². The molecule has 16 heteroatoms. The van der Waals surface area contributed by atoms with E-state index in [1.807, 2.05) is 4.90 Å². The molecule has 3 saturated heterocycles. The van der Waals surface area contributed by atoms with Crippen molar-refractivity contribution in [2.75, 3.05) is 52.1 Å². The van der Waals surface area contributed by atoms with Crippen LogP contribution in [0, 0.1) is 5.82 Å². The van der Waals surface area contributed by atoms with E-state index in [4.69, 9.17) is 10.5 Å². The summed E-state index contributed by atoms with van der Waals surface area (Å²) in [5.41, 5.74) is 6.85. The zero-order chi connectivity index (χ0) is 33.6. The van der Waals surface area contributed by atoms with Crippen LogP contribution in [0.2, 0.25) is 0 Å². The van der Waals surface area contributed by atoms with Gasteiger partial charge in [-0.2, -0.15) is 0 Å². The predicted octanol–water partition coefficient (Wildman–Crippen LogP) is 2.98. The van der Waals surface area contributed by atoms with Gasteiger partial charge in [-0.3, -0.25) is 23.7 Å². The molecule has 2 aromatic carbocycles. The number of hydrogen-bond donors (Lipinski definition) is 3. The van der Waals surface area contributed by atoms with Crippen molar-refractivity contribution in [3.63, 3.8) is 0 Å². The van der Waals surface area contributed by atoms with Gasteiger partial charge in [0.25, 0.3) is 11.8 Å². The Balaban J connectivity index is 0.00000417. The van der Waals surface area contributed by atoms with Gasteiger partial charge in [0.2, 0.25) is 0 Å². The minimum atomic E-state index is -3.19. The number of piperidine rings is 2. The fourth-order valence-electron chi connectivity index (χ4n) is 7.22. The molecule has 2 aromatic heterocycles. The number of benzene rings is 2. The number of ether oxygens (including phenoxy) is 1. The highest BCUT2D eigenvalue weighted by Crippen LogP contribution is 2.39. The lowest BCUT2D eigenvalue weighted by atomic mass is 9.94. The summed E-state index contributed by atoms with van der Waals surface area (Å²) in [5, 5.41) is 6.02. The predicted molar refractivity (Wildman–Crippen MR) is 180 cm³/mol. The van der Waals surface area contributed by atoms with Crippen LogP contribution in [0.1, 0.15) is 41.2 Å². The Morgan fingerprint density at radius 3 is 2.41 bits per heavy atom. The van der Waals surface area contributed by atoms with Gasteiger partial charge < -0.3 is 21.1 Å². The SMILES string of the molecule is COc1ccc(F)cc1C(=O)NCc1ccc(-n2c(=O)n([C@H]3CCN(C4CCN(C5CNC5)CC4)CC3(F)F)c3ncnc(N)c32)cc1.Cl. The number of nitrogens with zero attached hydrogens (tertiary/aromatic N) is 6. The molecule has 5 heterocycles. The van der Waals surface area contributed by atoms with Crippen molar-refractivity contribution in [3.8, 4) is 11.4 Å². The van der Waals surface area contributed by atoms with E-state index >= 15 is 8.78 Å². The number of carbonyl (C=O) groups is 1. The molecule has 4 N–H and O–H groups in total. The first kappa shape index (κ1) is 34.7. The van der Waals surface area contributed by atoms with Crippen LogP contribution < -0.4 is 26.8 Å². The molecule has 1 amide bonds. The van der Waals surface area contributed by atoms with E-state index < -0.39 is 35.9 Å². The van der Waals surface area contributed by atoms with E-state index in [-0.39, 0.29) is 59.7 Å². The summed E-state index contributed by atoms with van der Waals surface area (Å²) in [6, 6.07) is 9.53. The van der Waals surface area contributed by atoms with Crippen molar-refractivity contribution >= 4 is 35.3 Å². The average Bonchev–Trinajstić information content (AvgIpc) is 3.35. The Labute approximate surface area is 286 Å². The second-order valence-electron chi connectivity index (χ2n) is 12.7. The van der Waals surface area contributed by atoms with Gasteiger partial charge in [-0.1, -0.05) is 12.1 Å². The van der Waals surface area contributed by atoms with E-state index in [0.717, 1.165) is 49.7 Å². The normalized spacial score (nSPS) is 20.4. The third kappa shape index (κ3) is 6.59. The molecule has 4 aromatic rings. The van der Waals surface area contributed by atoms with Crippen molar-refractivity contribution < 1.29 is 22.7 Å². The number of carbonyl (C=O) groups excluding carboxylic acids is 1. The summed E-state index contributed by atoms with van der Waals surface area (Å²) in [6.45, 7) is 3.88. The van der Waals surface area contributed by atoms with Gasteiger partial charge >= 0.3 is 5.69 Å². The molecule has 49 heavy (non-hydrogen) atoms. The number of nitrogen functional groups attached to an aromatic ring is 1. The number of methoxy groups -OCH3 is 1. The number of nitrogens with two attached hydrogens (primary N) is 1. The number of amides is 1. The fourth-order valence-corrected chi connectivity index (χ4v) is 7.22. The lowest BCUT2D eigenvalue weighted by Crippen LogP contribution is -2.61. The third-order valence-corrected chi connectivity index (χ3v) is 9.93. The van der Waals surface area contributed by atoms with Crippen LogP contribution in [0.3, 0.4) is 0 Å².